The molecule has 1 atom stereocenters. The number of carbonyl (C=O) groups is 2. The minimum Gasteiger partial charge on any atom is -0.448 e. The van der Waals surface area contributed by atoms with Crippen molar-refractivity contribution in [1.82, 2.24) is 14.5 Å². The Morgan fingerprint density at radius 1 is 1.17 bits per heavy atom. The number of thioether (sulfide) groups is 1. The topological polar surface area (TPSA) is 64.4 Å². The molecule has 8 heteroatoms. The van der Waals surface area contributed by atoms with Crippen LogP contribution >= 0.6 is 11.8 Å². The van der Waals surface area contributed by atoms with Gasteiger partial charge in [-0.3, -0.25) is 9.36 Å². The minimum atomic E-state index is -0.972. The quantitative estimate of drug-likeness (QED) is 0.422. The molecule has 30 heavy (non-hydrogen) atoms. The molecule has 0 saturated carbocycles. The van der Waals surface area contributed by atoms with E-state index in [4.69, 9.17) is 4.74 Å². The highest BCUT2D eigenvalue weighted by Crippen LogP contribution is 2.23. The first kappa shape index (κ1) is 21.6. The standard InChI is InChI=1S/C22H22FN3O3S/c1-15(20(27)25(2)14-16-7-5-4-6-8-16)29-21(28)19-13-24-22(30-3)26(19)18-11-9-17(23)10-12-18/h4-13,15H,14H2,1-3H3/t15-/m1/s1. The largest absolute Gasteiger partial charge is 0.448 e. The monoisotopic (exact) mass is 427 g/mol. The molecule has 1 heterocycles. The molecule has 1 amide bonds. The van der Waals surface area contributed by atoms with E-state index in [1.165, 1.54) is 41.9 Å². The van der Waals surface area contributed by atoms with E-state index >= 15 is 0 Å². The van der Waals surface area contributed by atoms with Crippen LogP contribution in [0, 0.1) is 5.82 Å². The maximum absolute atomic E-state index is 13.3. The van der Waals surface area contributed by atoms with Crippen LogP contribution < -0.4 is 0 Å². The SMILES string of the molecule is CSc1ncc(C(=O)O[C@H](C)C(=O)N(C)Cc2ccccc2)n1-c1ccc(F)cc1. The number of imidazole rings is 1. The van der Waals surface area contributed by atoms with E-state index in [2.05, 4.69) is 4.98 Å². The van der Waals surface area contributed by atoms with Gasteiger partial charge in [0.15, 0.2) is 17.0 Å². The first-order chi connectivity index (χ1) is 14.4. The van der Waals surface area contributed by atoms with Gasteiger partial charge >= 0.3 is 5.97 Å². The van der Waals surface area contributed by atoms with Crippen molar-refractivity contribution in [1.29, 1.82) is 0 Å². The van der Waals surface area contributed by atoms with Crippen molar-refractivity contribution >= 4 is 23.6 Å². The van der Waals surface area contributed by atoms with Gasteiger partial charge in [0.1, 0.15) is 5.82 Å². The lowest BCUT2D eigenvalue weighted by Gasteiger charge is -2.21. The molecule has 0 unspecified atom stereocenters. The van der Waals surface area contributed by atoms with Crippen molar-refractivity contribution in [3.05, 3.63) is 77.9 Å². The van der Waals surface area contributed by atoms with Crippen molar-refractivity contribution in [2.24, 2.45) is 0 Å². The number of ether oxygens (including phenoxy) is 1. The predicted molar refractivity (Wildman–Crippen MR) is 113 cm³/mol. The Labute approximate surface area is 178 Å². The molecule has 0 bridgehead atoms. The van der Waals surface area contributed by atoms with Crippen molar-refractivity contribution in [3.63, 3.8) is 0 Å². The smallest absolute Gasteiger partial charge is 0.357 e. The van der Waals surface area contributed by atoms with Crippen LogP contribution in [0.1, 0.15) is 23.0 Å². The molecule has 0 aliphatic rings. The van der Waals surface area contributed by atoms with E-state index in [0.717, 1.165) is 5.56 Å². The van der Waals surface area contributed by atoms with Gasteiger partial charge in [-0.25, -0.2) is 14.2 Å². The first-order valence-electron chi connectivity index (χ1n) is 9.28. The molecule has 0 fully saturated rings. The number of halogens is 1. The summed E-state index contributed by atoms with van der Waals surface area (Å²) in [6.45, 7) is 1.95. The Bertz CT molecular complexity index is 1020. The van der Waals surface area contributed by atoms with Gasteiger partial charge in [-0.1, -0.05) is 42.1 Å². The number of rotatable bonds is 7. The molecule has 2 aromatic carbocycles. The highest BCUT2D eigenvalue weighted by Gasteiger charge is 2.25. The summed E-state index contributed by atoms with van der Waals surface area (Å²) in [6, 6.07) is 15.3. The van der Waals surface area contributed by atoms with Crippen LogP contribution in [0.3, 0.4) is 0 Å². The summed E-state index contributed by atoms with van der Waals surface area (Å²) in [5.41, 5.74) is 1.72. The summed E-state index contributed by atoms with van der Waals surface area (Å²) in [5, 5.41) is 0.550. The average Bonchev–Trinajstić information content (AvgIpc) is 3.18. The Morgan fingerprint density at radius 3 is 2.47 bits per heavy atom. The molecular weight excluding hydrogens is 405 g/mol. The third kappa shape index (κ3) is 4.88. The van der Waals surface area contributed by atoms with Crippen LogP contribution in [0.4, 0.5) is 4.39 Å². The zero-order valence-corrected chi connectivity index (χ0v) is 17.7. The third-order valence-corrected chi connectivity index (χ3v) is 5.13. The van der Waals surface area contributed by atoms with Gasteiger partial charge in [0.05, 0.1) is 6.20 Å². The number of hydrogen-bond acceptors (Lipinski definition) is 5. The van der Waals surface area contributed by atoms with Crippen molar-refractivity contribution in [3.8, 4) is 5.69 Å². The van der Waals surface area contributed by atoms with Gasteiger partial charge in [0, 0.05) is 19.3 Å². The van der Waals surface area contributed by atoms with E-state index in [9.17, 15) is 14.0 Å². The van der Waals surface area contributed by atoms with E-state index in [0.29, 0.717) is 17.4 Å². The summed E-state index contributed by atoms with van der Waals surface area (Å²) in [6.07, 6.45) is 2.24. The number of hydrogen-bond donors (Lipinski definition) is 0. The molecule has 0 aliphatic carbocycles. The minimum absolute atomic E-state index is 0.163. The Balaban J connectivity index is 1.74. The lowest BCUT2D eigenvalue weighted by atomic mass is 10.2. The van der Waals surface area contributed by atoms with Crippen LogP contribution in [0.5, 0.6) is 0 Å². The van der Waals surface area contributed by atoms with Crippen molar-refractivity contribution < 1.29 is 18.7 Å². The number of amides is 1. The number of esters is 1. The summed E-state index contributed by atoms with van der Waals surface area (Å²) in [4.78, 5) is 31.2. The summed E-state index contributed by atoms with van der Waals surface area (Å²) in [5.74, 6) is -1.37. The maximum atomic E-state index is 13.3. The van der Waals surface area contributed by atoms with Gasteiger partial charge in [-0.15, -0.1) is 0 Å². The van der Waals surface area contributed by atoms with Crippen LogP contribution in [0.2, 0.25) is 0 Å². The second-order valence-corrected chi connectivity index (χ2v) is 7.44. The molecule has 0 N–H and O–H groups in total. The molecule has 3 rings (SSSR count). The number of nitrogens with zero attached hydrogens (tertiary/aromatic N) is 3. The van der Waals surface area contributed by atoms with Crippen LogP contribution in [0.15, 0.2) is 66.0 Å². The van der Waals surface area contributed by atoms with Crippen LogP contribution in [0.25, 0.3) is 5.69 Å². The Kier molecular flexibility index (Phi) is 6.89. The van der Waals surface area contributed by atoms with Crippen molar-refractivity contribution in [2.45, 2.75) is 24.7 Å². The molecule has 0 spiro atoms. The fraction of sp³-hybridized carbons (Fsp3) is 0.227. The normalized spacial score (nSPS) is 11.7. The molecule has 0 aliphatic heterocycles. The fourth-order valence-corrected chi connectivity index (χ4v) is 3.52. The van der Waals surface area contributed by atoms with Gasteiger partial charge < -0.3 is 9.64 Å². The lowest BCUT2D eigenvalue weighted by molar-refractivity contribution is -0.139. The third-order valence-electron chi connectivity index (χ3n) is 4.48. The molecule has 1 aromatic heterocycles. The second kappa shape index (κ2) is 9.58. The van der Waals surface area contributed by atoms with E-state index < -0.39 is 12.1 Å². The van der Waals surface area contributed by atoms with Crippen LogP contribution in [-0.2, 0) is 16.1 Å². The van der Waals surface area contributed by atoms with E-state index in [1.807, 2.05) is 36.6 Å². The molecule has 0 radical (unpaired) electrons. The molecular formula is C22H22FN3O3S. The molecule has 156 valence electrons. The highest BCUT2D eigenvalue weighted by molar-refractivity contribution is 7.98. The lowest BCUT2D eigenvalue weighted by Crippen LogP contribution is -2.37. The molecule has 6 nitrogen and oxygen atoms in total. The first-order valence-corrected chi connectivity index (χ1v) is 10.5. The van der Waals surface area contributed by atoms with Gasteiger partial charge in [0.2, 0.25) is 0 Å². The Hall–Kier alpha value is -3.13. The maximum Gasteiger partial charge on any atom is 0.357 e. The van der Waals surface area contributed by atoms with Crippen LogP contribution in [-0.4, -0.2) is 45.7 Å². The number of benzene rings is 2. The van der Waals surface area contributed by atoms with Gasteiger partial charge in [-0.2, -0.15) is 0 Å². The zero-order valence-electron chi connectivity index (χ0n) is 16.9. The average molecular weight is 428 g/mol. The number of likely N-dealkylation sites (N-methyl/N-ethyl adjacent to an activating group) is 1. The summed E-state index contributed by atoms with van der Waals surface area (Å²) >= 11 is 1.34. The van der Waals surface area contributed by atoms with Gasteiger partial charge in [0.25, 0.3) is 5.91 Å². The highest BCUT2D eigenvalue weighted by atomic mass is 32.2. The summed E-state index contributed by atoms with van der Waals surface area (Å²) in [7, 11) is 1.66. The van der Waals surface area contributed by atoms with Gasteiger partial charge in [-0.05, 0) is 43.0 Å². The zero-order chi connectivity index (χ0) is 21.7. The molecule has 0 saturated heterocycles. The second-order valence-electron chi connectivity index (χ2n) is 6.67. The number of carbonyl (C=O) groups excluding carboxylic acids is 2. The van der Waals surface area contributed by atoms with Crippen molar-refractivity contribution in [2.75, 3.05) is 13.3 Å². The molecule has 3 aromatic rings. The van der Waals surface area contributed by atoms with E-state index in [1.54, 1.807) is 23.7 Å². The fourth-order valence-electron chi connectivity index (χ4n) is 2.98. The summed E-state index contributed by atoms with van der Waals surface area (Å²) < 4.78 is 20.3. The Morgan fingerprint density at radius 2 is 1.83 bits per heavy atom. The van der Waals surface area contributed by atoms with E-state index in [-0.39, 0.29) is 17.4 Å². The predicted octanol–water partition coefficient (Wildman–Crippen LogP) is 3.94. The number of aromatic nitrogens is 2.